The van der Waals surface area contributed by atoms with Crippen LogP contribution in [0.2, 0.25) is 0 Å². The third-order valence-corrected chi connectivity index (χ3v) is 4.33. The highest BCUT2D eigenvalue weighted by atomic mass is 16.5. The standard InChI is InChI=1S/C17H28N2O/c1-3-11-20-16-10-6-7-14(12-16)17(13-18)19(2)15-8-4-5-9-15/h6-7,10,12,15,17H,3-5,8-9,11,13,18H2,1-2H3. The van der Waals surface area contributed by atoms with Crippen molar-refractivity contribution in [2.75, 3.05) is 20.2 Å². The fourth-order valence-corrected chi connectivity index (χ4v) is 3.14. The van der Waals surface area contributed by atoms with Crippen molar-refractivity contribution >= 4 is 0 Å². The number of likely N-dealkylation sites (N-methyl/N-ethyl adjacent to an activating group) is 1. The Balaban J connectivity index is 2.09. The molecule has 3 nitrogen and oxygen atoms in total. The molecule has 0 saturated heterocycles. The molecule has 1 aliphatic rings. The first-order chi connectivity index (χ1) is 9.76. The van der Waals surface area contributed by atoms with Crippen LogP contribution in [0.1, 0.15) is 50.6 Å². The summed E-state index contributed by atoms with van der Waals surface area (Å²) in [5.41, 5.74) is 7.31. The zero-order chi connectivity index (χ0) is 14.4. The van der Waals surface area contributed by atoms with Crippen molar-refractivity contribution < 1.29 is 4.74 Å². The van der Waals surface area contributed by atoms with Crippen molar-refractivity contribution in [3.8, 4) is 5.75 Å². The monoisotopic (exact) mass is 276 g/mol. The molecule has 3 heteroatoms. The Bertz CT molecular complexity index is 402. The van der Waals surface area contributed by atoms with E-state index in [4.69, 9.17) is 10.5 Å². The quantitative estimate of drug-likeness (QED) is 0.830. The lowest BCUT2D eigenvalue weighted by molar-refractivity contribution is 0.179. The summed E-state index contributed by atoms with van der Waals surface area (Å²) < 4.78 is 5.74. The van der Waals surface area contributed by atoms with Gasteiger partial charge in [0.15, 0.2) is 0 Å². The number of nitrogens with zero attached hydrogens (tertiary/aromatic N) is 1. The molecular formula is C17H28N2O. The summed E-state index contributed by atoms with van der Waals surface area (Å²) in [7, 11) is 2.22. The van der Waals surface area contributed by atoms with E-state index in [0.717, 1.165) is 18.8 Å². The Morgan fingerprint density at radius 1 is 1.35 bits per heavy atom. The van der Waals surface area contributed by atoms with Gasteiger partial charge in [0, 0.05) is 18.6 Å². The number of ether oxygens (including phenoxy) is 1. The molecule has 0 aliphatic heterocycles. The van der Waals surface area contributed by atoms with Gasteiger partial charge in [-0.15, -0.1) is 0 Å². The van der Waals surface area contributed by atoms with Crippen molar-refractivity contribution in [3.63, 3.8) is 0 Å². The average molecular weight is 276 g/mol. The van der Waals surface area contributed by atoms with Crippen LogP contribution >= 0.6 is 0 Å². The van der Waals surface area contributed by atoms with Crippen LogP contribution < -0.4 is 10.5 Å². The highest BCUT2D eigenvalue weighted by molar-refractivity contribution is 5.31. The summed E-state index contributed by atoms with van der Waals surface area (Å²) in [4.78, 5) is 2.46. The summed E-state index contributed by atoms with van der Waals surface area (Å²) >= 11 is 0. The minimum absolute atomic E-state index is 0.295. The number of benzene rings is 1. The Morgan fingerprint density at radius 3 is 2.75 bits per heavy atom. The largest absolute Gasteiger partial charge is 0.494 e. The molecule has 0 spiro atoms. The molecule has 0 heterocycles. The zero-order valence-electron chi connectivity index (χ0n) is 12.8. The van der Waals surface area contributed by atoms with E-state index in [0.29, 0.717) is 18.6 Å². The molecule has 1 atom stereocenters. The maximum atomic E-state index is 6.04. The van der Waals surface area contributed by atoms with Crippen molar-refractivity contribution in [1.29, 1.82) is 0 Å². The molecule has 1 aromatic carbocycles. The van der Waals surface area contributed by atoms with Gasteiger partial charge < -0.3 is 10.5 Å². The van der Waals surface area contributed by atoms with Crippen LogP contribution in [-0.2, 0) is 0 Å². The van der Waals surface area contributed by atoms with Gasteiger partial charge in [-0.25, -0.2) is 0 Å². The van der Waals surface area contributed by atoms with Gasteiger partial charge in [-0.2, -0.15) is 0 Å². The van der Waals surface area contributed by atoms with Gasteiger partial charge in [-0.3, -0.25) is 4.90 Å². The van der Waals surface area contributed by atoms with Crippen molar-refractivity contribution in [2.45, 2.75) is 51.1 Å². The molecule has 0 aromatic heterocycles. The normalized spacial score (nSPS) is 17.6. The van der Waals surface area contributed by atoms with Gasteiger partial charge in [0.05, 0.1) is 6.61 Å². The summed E-state index contributed by atoms with van der Waals surface area (Å²) in [6.45, 7) is 3.56. The third-order valence-electron chi connectivity index (χ3n) is 4.33. The zero-order valence-corrected chi connectivity index (χ0v) is 12.8. The lowest BCUT2D eigenvalue weighted by atomic mass is 10.0. The lowest BCUT2D eigenvalue weighted by Gasteiger charge is -2.32. The topological polar surface area (TPSA) is 38.5 Å². The third kappa shape index (κ3) is 3.74. The first-order valence-corrected chi connectivity index (χ1v) is 7.91. The molecule has 112 valence electrons. The lowest BCUT2D eigenvalue weighted by Crippen LogP contribution is -2.37. The molecule has 1 fully saturated rings. The number of hydrogen-bond donors (Lipinski definition) is 1. The average Bonchev–Trinajstić information content (AvgIpc) is 3.00. The second-order valence-electron chi connectivity index (χ2n) is 5.78. The van der Waals surface area contributed by atoms with E-state index in [2.05, 4.69) is 37.1 Å². The van der Waals surface area contributed by atoms with Crippen LogP contribution in [0, 0.1) is 0 Å². The molecule has 1 aliphatic carbocycles. The minimum Gasteiger partial charge on any atom is -0.494 e. The second-order valence-corrected chi connectivity index (χ2v) is 5.78. The van der Waals surface area contributed by atoms with E-state index in [1.165, 1.54) is 31.2 Å². The van der Waals surface area contributed by atoms with E-state index in [-0.39, 0.29) is 0 Å². The Morgan fingerprint density at radius 2 is 2.10 bits per heavy atom. The second kappa shape index (κ2) is 7.65. The van der Waals surface area contributed by atoms with Crippen molar-refractivity contribution in [2.24, 2.45) is 5.73 Å². The van der Waals surface area contributed by atoms with E-state index >= 15 is 0 Å². The number of rotatable bonds is 7. The van der Waals surface area contributed by atoms with Crippen LogP contribution in [-0.4, -0.2) is 31.1 Å². The molecule has 2 N–H and O–H groups in total. The predicted octanol–water partition coefficient (Wildman–Crippen LogP) is 3.35. The summed E-state index contributed by atoms with van der Waals surface area (Å²) in [5, 5.41) is 0. The highest BCUT2D eigenvalue weighted by Gasteiger charge is 2.25. The molecule has 2 rings (SSSR count). The van der Waals surface area contributed by atoms with Crippen LogP contribution in [0.4, 0.5) is 0 Å². The molecule has 0 amide bonds. The smallest absolute Gasteiger partial charge is 0.119 e. The summed E-state index contributed by atoms with van der Waals surface area (Å²) in [6, 6.07) is 9.40. The SMILES string of the molecule is CCCOc1cccc(C(CN)N(C)C2CCCC2)c1. The van der Waals surface area contributed by atoms with Gasteiger partial charge in [-0.1, -0.05) is 31.9 Å². The Labute approximate surface area is 123 Å². The van der Waals surface area contributed by atoms with Gasteiger partial charge in [0.25, 0.3) is 0 Å². The molecule has 1 aromatic rings. The Kier molecular flexibility index (Phi) is 5.86. The molecule has 1 unspecified atom stereocenters. The number of hydrogen-bond acceptors (Lipinski definition) is 3. The van der Waals surface area contributed by atoms with Gasteiger partial charge in [-0.05, 0) is 44.0 Å². The Hall–Kier alpha value is -1.06. The maximum absolute atomic E-state index is 6.04. The van der Waals surface area contributed by atoms with Gasteiger partial charge in [0.2, 0.25) is 0 Å². The molecule has 0 bridgehead atoms. The molecule has 1 saturated carbocycles. The van der Waals surface area contributed by atoms with Gasteiger partial charge >= 0.3 is 0 Å². The van der Waals surface area contributed by atoms with Crippen LogP contribution in [0.25, 0.3) is 0 Å². The predicted molar refractivity (Wildman–Crippen MR) is 84.0 cm³/mol. The molecule has 0 radical (unpaired) electrons. The fraction of sp³-hybridized carbons (Fsp3) is 0.647. The van der Waals surface area contributed by atoms with E-state index < -0.39 is 0 Å². The van der Waals surface area contributed by atoms with Crippen molar-refractivity contribution in [3.05, 3.63) is 29.8 Å². The molecule has 20 heavy (non-hydrogen) atoms. The van der Waals surface area contributed by atoms with Crippen LogP contribution in [0.5, 0.6) is 5.75 Å². The van der Waals surface area contributed by atoms with E-state index in [9.17, 15) is 0 Å². The van der Waals surface area contributed by atoms with Crippen LogP contribution in [0.3, 0.4) is 0 Å². The number of nitrogens with two attached hydrogens (primary N) is 1. The first kappa shape index (κ1) is 15.3. The van der Waals surface area contributed by atoms with Gasteiger partial charge in [0.1, 0.15) is 5.75 Å². The minimum atomic E-state index is 0.295. The van der Waals surface area contributed by atoms with E-state index in [1.807, 2.05) is 6.07 Å². The summed E-state index contributed by atoms with van der Waals surface area (Å²) in [6.07, 6.45) is 6.35. The van der Waals surface area contributed by atoms with Crippen molar-refractivity contribution in [1.82, 2.24) is 4.90 Å². The van der Waals surface area contributed by atoms with Crippen LogP contribution in [0.15, 0.2) is 24.3 Å². The highest BCUT2D eigenvalue weighted by Crippen LogP contribution is 2.30. The molecular weight excluding hydrogens is 248 g/mol. The fourth-order valence-electron chi connectivity index (χ4n) is 3.14. The summed E-state index contributed by atoms with van der Waals surface area (Å²) in [5.74, 6) is 0.961. The van der Waals surface area contributed by atoms with E-state index in [1.54, 1.807) is 0 Å². The maximum Gasteiger partial charge on any atom is 0.119 e. The first-order valence-electron chi connectivity index (χ1n) is 7.91.